The molecule has 1 fully saturated rings. The van der Waals surface area contributed by atoms with Gasteiger partial charge in [-0.25, -0.2) is 0 Å². The monoisotopic (exact) mass is 200 g/mol. The van der Waals surface area contributed by atoms with Crippen LogP contribution in [0, 0.1) is 5.41 Å². The Morgan fingerprint density at radius 1 is 0.929 bits per heavy atom. The van der Waals surface area contributed by atoms with E-state index in [0.717, 1.165) is 26.1 Å². The Kier molecular flexibility index (Phi) is 3.96. The zero-order chi connectivity index (χ0) is 10.7. The van der Waals surface area contributed by atoms with Gasteiger partial charge in [0, 0.05) is 11.8 Å². The van der Waals surface area contributed by atoms with Gasteiger partial charge in [0.15, 0.2) is 5.79 Å². The van der Waals surface area contributed by atoms with Crippen molar-refractivity contribution in [1.82, 2.24) is 0 Å². The average Bonchev–Trinajstić information content (AvgIpc) is 2.13. The molecule has 2 nitrogen and oxygen atoms in total. The second-order valence-corrected chi connectivity index (χ2v) is 5.02. The van der Waals surface area contributed by atoms with E-state index in [9.17, 15) is 0 Å². The predicted octanol–water partition coefficient (Wildman–Crippen LogP) is 3.36. The third-order valence-electron chi connectivity index (χ3n) is 3.01. The number of rotatable bonds is 4. The normalized spacial score (nSPS) is 38.6. The summed E-state index contributed by atoms with van der Waals surface area (Å²) in [4.78, 5) is 0. The molecule has 0 aromatic heterocycles. The van der Waals surface area contributed by atoms with Crippen LogP contribution >= 0.6 is 0 Å². The van der Waals surface area contributed by atoms with E-state index in [0.29, 0.717) is 0 Å². The Hall–Kier alpha value is -0.0800. The molecular formula is C12H24O2. The molecule has 0 saturated carbocycles. The van der Waals surface area contributed by atoms with Gasteiger partial charge in [-0.1, -0.05) is 33.6 Å². The highest BCUT2D eigenvalue weighted by molar-refractivity contribution is 4.80. The standard InChI is InChI=1S/C12H24O2/c1-5-7-11(3)9-13-12(4,8-6-2)14-10-11/h5-10H2,1-4H3. The van der Waals surface area contributed by atoms with E-state index < -0.39 is 0 Å². The zero-order valence-electron chi connectivity index (χ0n) is 10.1. The largest absolute Gasteiger partial charge is 0.350 e. The molecule has 1 heterocycles. The lowest BCUT2D eigenvalue weighted by atomic mass is 9.86. The molecule has 2 heteroatoms. The summed E-state index contributed by atoms with van der Waals surface area (Å²) < 4.78 is 11.7. The first-order valence-electron chi connectivity index (χ1n) is 5.81. The van der Waals surface area contributed by atoms with Gasteiger partial charge in [-0.05, 0) is 13.3 Å². The van der Waals surface area contributed by atoms with Gasteiger partial charge in [0.1, 0.15) is 0 Å². The van der Waals surface area contributed by atoms with Crippen molar-refractivity contribution in [2.75, 3.05) is 13.2 Å². The number of hydrogen-bond donors (Lipinski definition) is 0. The van der Waals surface area contributed by atoms with Gasteiger partial charge < -0.3 is 9.47 Å². The average molecular weight is 200 g/mol. The smallest absolute Gasteiger partial charge is 0.165 e. The number of hydrogen-bond acceptors (Lipinski definition) is 2. The zero-order valence-corrected chi connectivity index (χ0v) is 10.1. The summed E-state index contributed by atoms with van der Waals surface area (Å²) in [6.07, 6.45) is 4.50. The molecule has 0 atom stereocenters. The first-order valence-corrected chi connectivity index (χ1v) is 5.81. The van der Waals surface area contributed by atoms with Crippen LogP contribution in [0.4, 0.5) is 0 Å². The molecule has 0 unspecified atom stereocenters. The molecule has 1 aliphatic rings. The summed E-state index contributed by atoms with van der Waals surface area (Å²) in [6.45, 7) is 10.4. The second kappa shape index (κ2) is 4.63. The highest BCUT2D eigenvalue weighted by atomic mass is 16.7. The van der Waals surface area contributed by atoms with Gasteiger partial charge >= 0.3 is 0 Å². The van der Waals surface area contributed by atoms with Crippen LogP contribution in [0.5, 0.6) is 0 Å². The van der Waals surface area contributed by atoms with E-state index in [1.54, 1.807) is 0 Å². The van der Waals surface area contributed by atoms with Gasteiger partial charge in [-0.15, -0.1) is 0 Å². The maximum Gasteiger partial charge on any atom is 0.165 e. The maximum absolute atomic E-state index is 5.85. The van der Waals surface area contributed by atoms with Crippen LogP contribution in [0.2, 0.25) is 0 Å². The van der Waals surface area contributed by atoms with Crippen LogP contribution in [-0.4, -0.2) is 19.0 Å². The van der Waals surface area contributed by atoms with Crippen molar-refractivity contribution >= 4 is 0 Å². The van der Waals surface area contributed by atoms with Crippen LogP contribution in [0.25, 0.3) is 0 Å². The molecule has 0 amide bonds. The van der Waals surface area contributed by atoms with Crippen molar-refractivity contribution in [2.45, 2.75) is 59.2 Å². The molecule has 1 aliphatic heterocycles. The van der Waals surface area contributed by atoms with E-state index >= 15 is 0 Å². The van der Waals surface area contributed by atoms with Gasteiger partial charge in [-0.2, -0.15) is 0 Å². The van der Waals surface area contributed by atoms with Crippen molar-refractivity contribution in [3.63, 3.8) is 0 Å². The Morgan fingerprint density at radius 2 is 1.43 bits per heavy atom. The van der Waals surface area contributed by atoms with Gasteiger partial charge in [0.25, 0.3) is 0 Å². The molecule has 1 saturated heterocycles. The molecule has 14 heavy (non-hydrogen) atoms. The minimum Gasteiger partial charge on any atom is -0.350 e. The maximum atomic E-state index is 5.85. The summed E-state index contributed by atoms with van der Waals surface area (Å²) >= 11 is 0. The van der Waals surface area contributed by atoms with Gasteiger partial charge in [0.05, 0.1) is 13.2 Å². The molecule has 0 aliphatic carbocycles. The van der Waals surface area contributed by atoms with Crippen LogP contribution < -0.4 is 0 Å². The molecule has 84 valence electrons. The van der Waals surface area contributed by atoms with E-state index in [4.69, 9.17) is 9.47 Å². The Bertz CT molecular complexity index is 149. The second-order valence-electron chi connectivity index (χ2n) is 5.02. The summed E-state index contributed by atoms with van der Waals surface area (Å²) in [7, 11) is 0. The van der Waals surface area contributed by atoms with Gasteiger partial charge in [-0.3, -0.25) is 0 Å². The molecule has 0 radical (unpaired) electrons. The van der Waals surface area contributed by atoms with Gasteiger partial charge in [0.2, 0.25) is 0 Å². The fraction of sp³-hybridized carbons (Fsp3) is 1.00. The summed E-state index contributed by atoms with van der Waals surface area (Å²) in [5.74, 6) is -0.317. The Balaban J connectivity index is 2.44. The van der Waals surface area contributed by atoms with E-state index in [2.05, 4.69) is 27.7 Å². The lowest BCUT2D eigenvalue weighted by Gasteiger charge is -2.43. The van der Waals surface area contributed by atoms with Crippen molar-refractivity contribution in [3.05, 3.63) is 0 Å². The van der Waals surface area contributed by atoms with E-state index in [1.165, 1.54) is 12.8 Å². The van der Waals surface area contributed by atoms with Crippen LogP contribution in [0.15, 0.2) is 0 Å². The molecule has 0 spiro atoms. The van der Waals surface area contributed by atoms with Crippen molar-refractivity contribution in [2.24, 2.45) is 5.41 Å². The lowest BCUT2D eigenvalue weighted by Crippen LogP contribution is -2.46. The lowest BCUT2D eigenvalue weighted by molar-refractivity contribution is -0.295. The van der Waals surface area contributed by atoms with E-state index in [1.807, 2.05) is 0 Å². The summed E-state index contributed by atoms with van der Waals surface area (Å²) in [5, 5.41) is 0. The minimum absolute atomic E-state index is 0.238. The molecule has 0 N–H and O–H groups in total. The minimum atomic E-state index is -0.317. The fourth-order valence-electron chi connectivity index (χ4n) is 2.08. The quantitative estimate of drug-likeness (QED) is 0.693. The van der Waals surface area contributed by atoms with Crippen LogP contribution in [0.1, 0.15) is 53.4 Å². The van der Waals surface area contributed by atoms with Crippen LogP contribution in [-0.2, 0) is 9.47 Å². The van der Waals surface area contributed by atoms with E-state index in [-0.39, 0.29) is 11.2 Å². The molecule has 1 rings (SSSR count). The summed E-state index contributed by atoms with van der Waals surface area (Å²) in [6, 6.07) is 0. The first kappa shape index (κ1) is 12.0. The third-order valence-corrected chi connectivity index (χ3v) is 3.01. The van der Waals surface area contributed by atoms with Crippen molar-refractivity contribution < 1.29 is 9.47 Å². The molecule has 0 bridgehead atoms. The SMILES string of the molecule is CCCC1(C)COC(C)(CCC)OC1. The topological polar surface area (TPSA) is 18.5 Å². The van der Waals surface area contributed by atoms with Crippen molar-refractivity contribution in [1.29, 1.82) is 0 Å². The highest BCUT2D eigenvalue weighted by Gasteiger charge is 2.37. The molecular weight excluding hydrogens is 176 g/mol. The Morgan fingerprint density at radius 3 is 1.86 bits per heavy atom. The number of ether oxygens (including phenoxy) is 2. The first-order chi connectivity index (χ1) is 6.54. The van der Waals surface area contributed by atoms with Crippen molar-refractivity contribution in [3.8, 4) is 0 Å². The molecule has 0 aromatic carbocycles. The Labute approximate surface area is 88.0 Å². The molecule has 0 aromatic rings. The third kappa shape index (κ3) is 2.96. The fourth-order valence-corrected chi connectivity index (χ4v) is 2.08. The summed E-state index contributed by atoms with van der Waals surface area (Å²) in [5.41, 5.74) is 0.238. The van der Waals surface area contributed by atoms with Crippen LogP contribution in [0.3, 0.4) is 0 Å². The predicted molar refractivity (Wildman–Crippen MR) is 58.2 cm³/mol. The highest BCUT2D eigenvalue weighted by Crippen LogP contribution is 2.35.